The van der Waals surface area contributed by atoms with Crippen LogP contribution in [-0.2, 0) is 4.74 Å². The highest BCUT2D eigenvalue weighted by atomic mass is 19.1. The molecular weight excluding hydrogens is 265 g/mol. The molecule has 1 aromatic carbocycles. The van der Waals surface area contributed by atoms with Crippen LogP contribution in [0.15, 0.2) is 23.9 Å². The molecule has 0 unspecified atom stereocenters. The number of anilines is 1. The summed E-state index contributed by atoms with van der Waals surface area (Å²) in [6.07, 6.45) is 1.08. The van der Waals surface area contributed by atoms with Gasteiger partial charge in [-0.1, -0.05) is 0 Å². The molecule has 1 aromatic rings. The van der Waals surface area contributed by atoms with Gasteiger partial charge in [-0.15, -0.1) is 0 Å². The van der Waals surface area contributed by atoms with Crippen molar-refractivity contribution in [3.05, 3.63) is 35.3 Å². The highest BCUT2D eigenvalue weighted by molar-refractivity contribution is 5.91. The summed E-state index contributed by atoms with van der Waals surface area (Å²) in [4.78, 5) is 11.4. The Morgan fingerprint density at radius 2 is 2.00 bits per heavy atom. The molecule has 0 saturated heterocycles. The number of hydrogen-bond donors (Lipinski definition) is 1. The summed E-state index contributed by atoms with van der Waals surface area (Å²) in [5.74, 6) is -1.65. The third-order valence-corrected chi connectivity index (χ3v) is 2.28. The Bertz CT molecular complexity index is 625. The molecule has 102 valence electrons. The van der Waals surface area contributed by atoms with Crippen molar-refractivity contribution in [2.75, 3.05) is 19.5 Å². The van der Waals surface area contributed by atoms with Crippen LogP contribution in [0.2, 0.25) is 0 Å². The van der Waals surface area contributed by atoms with Gasteiger partial charge in [-0.2, -0.15) is 10.5 Å². The first-order chi connectivity index (χ1) is 9.57. The molecule has 1 rings (SSSR count). The number of benzene rings is 1. The van der Waals surface area contributed by atoms with Gasteiger partial charge in [0, 0.05) is 6.20 Å². The van der Waals surface area contributed by atoms with E-state index in [4.69, 9.17) is 15.3 Å². The molecule has 0 bridgehead atoms. The molecular formula is C13H10FN3O3. The third-order valence-electron chi connectivity index (χ3n) is 2.28. The average Bonchev–Trinajstić information content (AvgIpc) is 2.47. The van der Waals surface area contributed by atoms with E-state index in [9.17, 15) is 9.18 Å². The van der Waals surface area contributed by atoms with Crippen LogP contribution < -0.4 is 10.1 Å². The molecule has 0 fully saturated rings. The Balaban J connectivity index is 3.26. The summed E-state index contributed by atoms with van der Waals surface area (Å²) in [6.45, 7) is 0. The van der Waals surface area contributed by atoms with Gasteiger partial charge in [-0.3, -0.25) is 0 Å². The maximum absolute atomic E-state index is 13.8. The smallest absolute Gasteiger partial charge is 0.338 e. The van der Waals surface area contributed by atoms with Gasteiger partial charge < -0.3 is 14.8 Å². The molecule has 20 heavy (non-hydrogen) atoms. The van der Waals surface area contributed by atoms with Gasteiger partial charge in [-0.25, -0.2) is 9.18 Å². The van der Waals surface area contributed by atoms with Gasteiger partial charge in [0.05, 0.1) is 25.5 Å². The number of nitrogens with one attached hydrogen (secondary N) is 1. The number of carbonyl (C=O) groups is 1. The van der Waals surface area contributed by atoms with E-state index in [0.717, 1.165) is 12.3 Å². The first-order valence-electron chi connectivity index (χ1n) is 5.30. The van der Waals surface area contributed by atoms with Crippen LogP contribution in [-0.4, -0.2) is 20.2 Å². The molecule has 0 spiro atoms. The standard InChI is InChI=1S/C13H10FN3O3/c1-19-12-10(14)3-9(13(18)20-2)4-11(12)17-7-8(5-15)6-16/h3-4,7,17H,1-2H3. The second kappa shape index (κ2) is 6.76. The number of carbonyl (C=O) groups excluding carboxylic acids is 1. The van der Waals surface area contributed by atoms with Crippen molar-refractivity contribution in [2.45, 2.75) is 0 Å². The molecule has 1 N–H and O–H groups in total. The molecule has 0 aliphatic rings. The predicted octanol–water partition coefficient (Wildman–Crippen LogP) is 1.96. The molecule has 0 aliphatic heterocycles. The van der Waals surface area contributed by atoms with Crippen LogP contribution in [0.3, 0.4) is 0 Å². The Kier molecular flexibility index (Phi) is 5.07. The van der Waals surface area contributed by atoms with Gasteiger partial charge in [-0.05, 0) is 12.1 Å². The topological polar surface area (TPSA) is 95.1 Å². The minimum absolute atomic E-state index is 0.0304. The summed E-state index contributed by atoms with van der Waals surface area (Å²) in [5, 5.41) is 19.8. The van der Waals surface area contributed by atoms with Crippen molar-refractivity contribution in [3.8, 4) is 17.9 Å². The predicted molar refractivity (Wildman–Crippen MR) is 67.2 cm³/mol. The van der Waals surface area contributed by atoms with Gasteiger partial charge in [0.25, 0.3) is 0 Å². The van der Waals surface area contributed by atoms with E-state index in [2.05, 4.69) is 10.1 Å². The fourth-order valence-corrected chi connectivity index (χ4v) is 1.38. The lowest BCUT2D eigenvalue weighted by Gasteiger charge is -2.11. The summed E-state index contributed by atoms with van der Waals surface area (Å²) < 4.78 is 23.1. The molecule has 0 aliphatic carbocycles. The van der Waals surface area contributed by atoms with Crippen molar-refractivity contribution in [1.29, 1.82) is 10.5 Å². The normalized spacial score (nSPS) is 8.85. The first kappa shape index (κ1) is 15.0. The number of nitrogens with zero attached hydrogens (tertiary/aromatic N) is 2. The van der Waals surface area contributed by atoms with Crippen molar-refractivity contribution >= 4 is 11.7 Å². The van der Waals surface area contributed by atoms with E-state index >= 15 is 0 Å². The zero-order valence-electron chi connectivity index (χ0n) is 10.7. The second-order valence-electron chi connectivity index (χ2n) is 3.46. The van der Waals surface area contributed by atoms with Gasteiger partial charge >= 0.3 is 5.97 Å². The minimum Gasteiger partial charge on any atom is -0.492 e. The van der Waals surface area contributed by atoms with Crippen molar-refractivity contribution < 1.29 is 18.7 Å². The zero-order valence-corrected chi connectivity index (χ0v) is 10.7. The summed E-state index contributed by atoms with van der Waals surface area (Å²) >= 11 is 0. The number of halogens is 1. The van der Waals surface area contributed by atoms with E-state index in [1.165, 1.54) is 20.3 Å². The maximum atomic E-state index is 13.8. The molecule has 0 amide bonds. The number of methoxy groups -OCH3 is 2. The molecule has 0 heterocycles. The quantitative estimate of drug-likeness (QED) is 0.666. The average molecular weight is 275 g/mol. The molecule has 0 atom stereocenters. The van der Waals surface area contributed by atoms with Crippen LogP contribution in [0.25, 0.3) is 0 Å². The van der Waals surface area contributed by atoms with Crippen LogP contribution in [0.4, 0.5) is 10.1 Å². The van der Waals surface area contributed by atoms with Crippen LogP contribution in [0.5, 0.6) is 5.75 Å². The van der Waals surface area contributed by atoms with Gasteiger partial charge in [0.1, 0.15) is 17.7 Å². The lowest BCUT2D eigenvalue weighted by Crippen LogP contribution is -2.05. The first-order valence-corrected chi connectivity index (χ1v) is 5.30. The van der Waals surface area contributed by atoms with E-state index in [1.54, 1.807) is 12.1 Å². The fourth-order valence-electron chi connectivity index (χ4n) is 1.38. The fraction of sp³-hybridized carbons (Fsp3) is 0.154. The highest BCUT2D eigenvalue weighted by Gasteiger charge is 2.15. The summed E-state index contributed by atoms with van der Waals surface area (Å²) in [5.41, 5.74) is -0.149. The Labute approximate surface area is 114 Å². The molecule has 0 aromatic heterocycles. The van der Waals surface area contributed by atoms with Crippen LogP contribution >= 0.6 is 0 Å². The number of esters is 1. The summed E-state index contributed by atoms with van der Waals surface area (Å²) in [6, 6.07) is 5.52. The van der Waals surface area contributed by atoms with Crippen LogP contribution in [0.1, 0.15) is 10.4 Å². The Morgan fingerprint density at radius 3 is 2.50 bits per heavy atom. The molecule has 0 radical (unpaired) electrons. The van der Waals surface area contributed by atoms with Crippen molar-refractivity contribution in [2.24, 2.45) is 0 Å². The maximum Gasteiger partial charge on any atom is 0.338 e. The molecule has 0 saturated carbocycles. The van der Waals surface area contributed by atoms with E-state index < -0.39 is 11.8 Å². The largest absolute Gasteiger partial charge is 0.492 e. The van der Waals surface area contributed by atoms with Crippen molar-refractivity contribution in [3.63, 3.8) is 0 Å². The number of ether oxygens (including phenoxy) is 2. The SMILES string of the molecule is COC(=O)c1cc(F)c(OC)c(NC=C(C#N)C#N)c1. The number of nitriles is 2. The van der Waals surface area contributed by atoms with Gasteiger partial charge in [0.2, 0.25) is 0 Å². The van der Waals surface area contributed by atoms with Gasteiger partial charge in [0.15, 0.2) is 11.6 Å². The van der Waals surface area contributed by atoms with E-state index in [1.807, 2.05) is 0 Å². The number of rotatable bonds is 4. The second-order valence-corrected chi connectivity index (χ2v) is 3.46. The lowest BCUT2D eigenvalue weighted by atomic mass is 10.1. The number of hydrogen-bond acceptors (Lipinski definition) is 6. The highest BCUT2D eigenvalue weighted by Crippen LogP contribution is 2.29. The lowest BCUT2D eigenvalue weighted by molar-refractivity contribution is 0.0600. The Morgan fingerprint density at radius 1 is 1.35 bits per heavy atom. The minimum atomic E-state index is -0.776. The zero-order chi connectivity index (χ0) is 15.1. The summed E-state index contributed by atoms with van der Waals surface area (Å²) in [7, 11) is 2.42. The molecule has 6 nitrogen and oxygen atoms in total. The van der Waals surface area contributed by atoms with E-state index in [0.29, 0.717) is 0 Å². The van der Waals surface area contributed by atoms with Crippen molar-refractivity contribution in [1.82, 2.24) is 0 Å². The van der Waals surface area contributed by atoms with E-state index in [-0.39, 0.29) is 22.6 Å². The number of allylic oxidation sites excluding steroid dienone is 1. The molecule has 7 heteroatoms. The van der Waals surface area contributed by atoms with Crippen LogP contribution in [0, 0.1) is 28.5 Å². The Hall–Kier alpha value is -3.06. The third kappa shape index (κ3) is 3.24. The monoisotopic (exact) mass is 275 g/mol.